The summed E-state index contributed by atoms with van der Waals surface area (Å²) in [6.07, 6.45) is -3.86. The van der Waals surface area contributed by atoms with Gasteiger partial charge in [-0.15, -0.1) is 0 Å². The SMILES string of the molecule is CNC(=O)Oc1cc(C)c(N(Cl)C(=O)C(F)F)cc1C. The first-order valence-electron chi connectivity index (χ1n) is 5.56. The van der Waals surface area contributed by atoms with Crippen molar-refractivity contribution in [3.63, 3.8) is 0 Å². The monoisotopic (exact) mass is 306 g/mol. The number of carbonyl (C=O) groups excluding carboxylic acids is 2. The van der Waals surface area contributed by atoms with E-state index >= 15 is 0 Å². The minimum Gasteiger partial charge on any atom is -0.410 e. The Kier molecular flexibility index (Phi) is 5.26. The van der Waals surface area contributed by atoms with E-state index in [0.29, 0.717) is 15.5 Å². The van der Waals surface area contributed by atoms with Crippen LogP contribution in [0.3, 0.4) is 0 Å². The summed E-state index contributed by atoms with van der Waals surface area (Å²) in [5.74, 6) is -1.27. The summed E-state index contributed by atoms with van der Waals surface area (Å²) in [7, 11) is 1.40. The molecule has 1 aromatic rings. The third kappa shape index (κ3) is 3.57. The van der Waals surface area contributed by atoms with Crippen LogP contribution in [0.15, 0.2) is 12.1 Å². The maximum atomic E-state index is 12.3. The molecule has 1 N–H and O–H groups in total. The zero-order chi connectivity index (χ0) is 15.4. The van der Waals surface area contributed by atoms with E-state index in [4.69, 9.17) is 16.5 Å². The number of halogens is 3. The highest BCUT2D eigenvalue weighted by Gasteiger charge is 2.25. The van der Waals surface area contributed by atoms with E-state index in [1.54, 1.807) is 13.8 Å². The Morgan fingerprint density at radius 2 is 1.90 bits per heavy atom. The van der Waals surface area contributed by atoms with Gasteiger partial charge in [-0.2, -0.15) is 8.78 Å². The van der Waals surface area contributed by atoms with Crippen LogP contribution in [0, 0.1) is 13.8 Å². The van der Waals surface area contributed by atoms with Gasteiger partial charge in [0.2, 0.25) is 0 Å². The van der Waals surface area contributed by atoms with E-state index in [1.165, 1.54) is 19.2 Å². The van der Waals surface area contributed by atoms with E-state index in [9.17, 15) is 18.4 Å². The standard InChI is InChI=1S/C12H13ClF2N2O3/c1-6-5-9(20-12(19)16-3)7(2)4-8(6)17(13)11(18)10(14)15/h4-5,10H,1-3H3,(H,16,19). The van der Waals surface area contributed by atoms with Crippen molar-refractivity contribution >= 4 is 29.5 Å². The minimum atomic E-state index is -3.20. The quantitative estimate of drug-likeness (QED) is 0.874. The molecule has 8 heteroatoms. The van der Waals surface area contributed by atoms with Crippen LogP contribution in [0.5, 0.6) is 5.75 Å². The molecular formula is C12H13ClF2N2O3. The molecular weight excluding hydrogens is 294 g/mol. The number of rotatable bonds is 3. The average molecular weight is 307 g/mol. The first-order chi connectivity index (χ1) is 9.27. The first-order valence-corrected chi connectivity index (χ1v) is 5.90. The van der Waals surface area contributed by atoms with Crippen molar-refractivity contribution in [2.45, 2.75) is 20.3 Å². The number of benzene rings is 1. The van der Waals surface area contributed by atoms with Crippen LogP contribution in [0.2, 0.25) is 0 Å². The number of carbonyl (C=O) groups is 2. The van der Waals surface area contributed by atoms with Crippen LogP contribution in [-0.2, 0) is 4.79 Å². The molecule has 20 heavy (non-hydrogen) atoms. The van der Waals surface area contributed by atoms with Gasteiger partial charge in [0.1, 0.15) is 5.75 Å². The number of nitrogens with zero attached hydrogens (tertiary/aromatic N) is 1. The number of hydrogen-bond acceptors (Lipinski definition) is 3. The summed E-state index contributed by atoms with van der Waals surface area (Å²) in [6, 6.07) is 2.83. The Labute approximate surface area is 119 Å². The van der Waals surface area contributed by atoms with E-state index in [1.807, 2.05) is 0 Å². The normalized spacial score (nSPS) is 10.3. The lowest BCUT2D eigenvalue weighted by Gasteiger charge is -2.18. The van der Waals surface area contributed by atoms with Gasteiger partial charge in [-0.25, -0.2) is 9.21 Å². The number of aryl methyl sites for hydroxylation is 2. The summed E-state index contributed by atoms with van der Waals surface area (Å²) in [4.78, 5) is 22.3. The molecule has 1 aromatic carbocycles. The molecule has 0 aliphatic heterocycles. The number of nitrogens with one attached hydrogen (secondary N) is 1. The number of hydrogen-bond donors (Lipinski definition) is 1. The topological polar surface area (TPSA) is 58.6 Å². The van der Waals surface area contributed by atoms with Crippen LogP contribution in [-0.4, -0.2) is 25.5 Å². The van der Waals surface area contributed by atoms with Gasteiger partial charge in [-0.05, 0) is 37.1 Å². The van der Waals surface area contributed by atoms with E-state index in [2.05, 4.69) is 5.32 Å². The fourth-order valence-corrected chi connectivity index (χ4v) is 1.71. The third-order valence-corrected chi connectivity index (χ3v) is 2.84. The van der Waals surface area contributed by atoms with Crippen molar-refractivity contribution in [2.24, 2.45) is 0 Å². The summed E-state index contributed by atoms with van der Waals surface area (Å²) >= 11 is 5.60. The lowest BCUT2D eigenvalue weighted by molar-refractivity contribution is -0.127. The highest BCUT2D eigenvalue weighted by atomic mass is 35.5. The molecule has 0 fully saturated rings. The Bertz CT molecular complexity index is 538. The lowest BCUT2D eigenvalue weighted by atomic mass is 10.1. The molecule has 110 valence electrons. The van der Waals surface area contributed by atoms with Crippen molar-refractivity contribution in [3.05, 3.63) is 23.3 Å². The number of anilines is 1. The van der Waals surface area contributed by atoms with E-state index in [-0.39, 0.29) is 11.4 Å². The summed E-state index contributed by atoms with van der Waals surface area (Å²) in [5, 5.41) is 2.28. The minimum absolute atomic E-state index is 0.110. The second-order valence-corrected chi connectivity index (χ2v) is 4.30. The smallest absolute Gasteiger partial charge is 0.410 e. The zero-order valence-electron chi connectivity index (χ0n) is 11.0. The van der Waals surface area contributed by atoms with Crippen molar-refractivity contribution < 1.29 is 23.1 Å². The molecule has 0 atom stereocenters. The summed E-state index contributed by atoms with van der Waals surface area (Å²) in [5.41, 5.74) is 0.999. The van der Waals surface area contributed by atoms with Gasteiger partial charge in [0, 0.05) is 18.8 Å². The van der Waals surface area contributed by atoms with Gasteiger partial charge >= 0.3 is 18.4 Å². The molecule has 0 bridgehead atoms. The summed E-state index contributed by atoms with van der Waals surface area (Å²) < 4.78 is 30.0. The Hall–Kier alpha value is -1.89. The fourth-order valence-electron chi connectivity index (χ4n) is 1.45. The second-order valence-electron chi connectivity index (χ2n) is 3.96. The molecule has 0 unspecified atom stereocenters. The van der Waals surface area contributed by atoms with Crippen LogP contribution < -0.4 is 14.5 Å². The third-order valence-electron chi connectivity index (χ3n) is 2.49. The van der Waals surface area contributed by atoms with Gasteiger partial charge in [0.15, 0.2) is 0 Å². The maximum Gasteiger partial charge on any atom is 0.412 e. The predicted molar refractivity (Wildman–Crippen MR) is 70.3 cm³/mol. The average Bonchev–Trinajstić information content (AvgIpc) is 2.40. The highest BCUT2D eigenvalue weighted by Crippen LogP contribution is 2.30. The predicted octanol–water partition coefficient (Wildman–Crippen LogP) is 2.77. The Morgan fingerprint density at radius 3 is 2.40 bits per heavy atom. The van der Waals surface area contributed by atoms with Crippen LogP contribution in [0.25, 0.3) is 0 Å². The maximum absolute atomic E-state index is 12.3. The van der Waals surface area contributed by atoms with Gasteiger partial charge in [0.05, 0.1) is 5.69 Å². The largest absolute Gasteiger partial charge is 0.412 e. The lowest BCUT2D eigenvalue weighted by Crippen LogP contribution is -2.28. The molecule has 0 heterocycles. The Morgan fingerprint density at radius 1 is 1.30 bits per heavy atom. The van der Waals surface area contributed by atoms with Crippen LogP contribution in [0.1, 0.15) is 11.1 Å². The molecule has 0 spiro atoms. The van der Waals surface area contributed by atoms with E-state index in [0.717, 1.165) is 0 Å². The van der Waals surface area contributed by atoms with Crippen molar-refractivity contribution in [2.75, 3.05) is 11.5 Å². The van der Waals surface area contributed by atoms with Crippen molar-refractivity contribution in [1.82, 2.24) is 5.32 Å². The molecule has 0 radical (unpaired) electrons. The molecule has 0 saturated heterocycles. The van der Waals surface area contributed by atoms with Gasteiger partial charge < -0.3 is 10.1 Å². The fraction of sp³-hybridized carbons (Fsp3) is 0.333. The van der Waals surface area contributed by atoms with Gasteiger partial charge in [-0.3, -0.25) is 4.79 Å². The van der Waals surface area contributed by atoms with Crippen LogP contribution >= 0.6 is 11.8 Å². The molecule has 0 saturated carbocycles. The number of ether oxygens (including phenoxy) is 1. The Balaban J connectivity index is 3.11. The van der Waals surface area contributed by atoms with Gasteiger partial charge in [-0.1, -0.05) is 0 Å². The molecule has 0 aliphatic rings. The van der Waals surface area contributed by atoms with Crippen molar-refractivity contribution in [1.29, 1.82) is 0 Å². The molecule has 0 aromatic heterocycles. The first kappa shape index (κ1) is 16.2. The van der Waals surface area contributed by atoms with E-state index < -0.39 is 18.4 Å². The number of alkyl halides is 2. The second kappa shape index (κ2) is 6.51. The molecule has 5 nitrogen and oxygen atoms in total. The molecule has 2 amide bonds. The van der Waals surface area contributed by atoms with Crippen LogP contribution in [0.4, 0.5) is 19.3 Å². The number of amides is 2. The molecule has 1 rings (SSSR count). The highest BCUT2D eigenvalue weighted by molar-refractivity contribution is 6.37. The zero-order valence-corrected chi connectivity index (χ0v) is 11.8. The molecule has 0 aliphatic carbocycles. The van der Waals surface area contributed by atoms with Crippen molar-refractivity contribution in [3.8, 4) is 5.75 Å². The summed E-state index contributed by atoms with van der Waals surface area (Å²) in [6.45, 7) is 3.15. The van der Waals surface area contributed by atoms with Gasteiger partial charge in [0.25, 0.3) is 0 Å².